The van der Waals surface area contributed by atoms with Gasteiger partial charge in [0, 0.05) is 11.8 Å². The van der Waals surface area contributed by atoms with Crippen LogP contribution in [0.1, 0.15) is 37.9 Å². The molecule has 0 amide bonds. The molecule has 24 heavy (non-hydrogen) atoms. The first kappa shape index (κ1) is 18.8. The Morgan fingerprint density at radius 3 is 2.58 bits per heavy atom. The Kier molecular flexibility index (Phi) is 5.62. The summed E-state index contributed by atoms with van der Waals surface area (Å²) >= 11 is 1.16. The number of hydrogen-bond donors (Lipinski definition) is 2. The lowest BCUT2D eigenvalue weighted by molar-refractivity contribution is 0.0319. The van der Waals surface area contributed by atoms with Crippen molar-refractivity contribution in [2.24, 2.45) is 0 Å². The summed E-state index contributed by atoms with van der Waals surface area (Å²) in [7, 11) is -3.83. The highest BCUT2D eigenvalue weighted by atomic mass is 32.2. The summed E-state index contributed by atoms with van der Waals surface area (Å²) in [4.78, 5) is 4.26. The minimum Gasteiger partial charge on any atom is -0.390 e. The summed E-state index contributed by atoms with van der Waals surface area (Å²) in [5.74, 6) is -0.485. The van der Waals surface area contributed by atoms with Crippen molar-refractivity contribution in [1.29, 1.82) is 0 Å². The average Bonchev–Trinajstić information content (AvgIpc) is 2.92. The van der Waals surface area contributed by atoms with Crippen molar-refractivity contribution in [2.75, 3.05) is 4.72 Å². The Balaban J connectivity index is 2.19. The number of rotatable bonds is 7. The molecule has 132 valence electrons. The Morgan fingerprint density at radius 2 is 2.00 bits per heavy atom. The van der Waals surface area contributed by atoms with Gasteiger partial charge in [-0.3, -0.25) is 4.72 Å². The second-order valence-corrected chi connectivity index (χ2v) is 8.28. The van der Waals surface area contributed by atoms with Crippen molar-refractivity contribution in [3.63, 3.8) is 0 Å². The van der Waals surface area contributed by atoms with Crippen LogP contribution in [-0.4, -0.2) is 24.1 Å². The van der Waals surface area contributed by atoms with E-state index in [-0.39, 0.29) is 10.0 Å². The van der Waals surface area contributed by atoms with Crippen molar-refractivity contribution in [2.45, 2.75) is 50.5 Å². The normalized spacial score (nSPS) is 12.4. The zero-order chi connectivity index (χ0) is 18.0. The molecule has 0 radical (unpaired) electrons. The molecule has 0 saturated carbocycles. The van der Waals surface area contributed by atoms with Crippen molar-refractivity contribution < 1.29 is 17.9 Å². The van der Waals surface area contributed by atoms with Crippen molar-refractivity contribution >= 4 is 26.5 Å². The number of halogens is 1. The Hall–Kier alpha value is -1.51. The van der Waals surface area contributed by atoms with Crippen LogP contribution < -0.4 is 4.72 Å². The van der Waals surface area contributed by atoms with Crippen LogP contribution >= 0.6 is 11.3 Å². The van der Waals surface area contributed by atoms with E-state index in [1.807, 2.05) is 13.8 Å². The van der Waals surface area contributed by atoms with Gasteiger partial charge in [-0.05, 0) is 43.5 Å². The number of benzene rings is 1. The van der Waals surface area contributed by atoms with Gasteiger partial charge in [-0.15, -0.1) is 11.3 Å². The fourth-order valence-corrected chi connectivity index (χ4v) is 4.55. The molecule has 2 aromatic rings. The lowest BCUT2D eigenvalue weighted by Crippen LogP contribution is -2.29. The standard InChI is InChI=1S/C16H21FN2O3S2/c1-4-16(20,5-2)9-13-10-23-15(18-13)19-24(21,22)14-7-6-12(17)8-11(14)3/h6-8,10,20H,4-5,9H2,1-3H3,(H,18,19). The quantitative estimate of drug-likeness (QED) is 0.780. The van der Waals surface area contributed by atoms with E-state index >= 15 is 0 Å². The molecule has 0 aliphatic carbocycles. The first-order valence-electron chi connectivity index (χ1n) is 7.65. The minimum absolute atomic E-state index is 0.0132. The minimum atomic E-state index is -3.83. The first-order chi connectivity index (χ1) is 11.2. The van der Waals surface area contributed by atoms with E-state index in [0.29, 0.717) is 30.5 Å². The van der Waals surface area contributed by atoms with Crippen LogP contribution in [0.2, 0.25) is 0 Å². The lowest BCUT2D eigenvalue weighted by Gasteiger charge is -2.23. The molecule has 0 fully saturated rings. The maximum Gasteiger partial charge on any atom is 0.263 e. The fraction of sp³-hybridized carbons (Fsp3) is 0.438. The van der Waals surface area contributed by atoms with E-state index in [1.165, 1.54) is 19.1 Å². The maximum absolute atomic E-state index is 13.1. The number of nitrogens with zero attached hydrogens (tertiary/aromatic N) is 1. The SMILES string of the molecule is CCC(O)(CC)Cc1csc(NS(=O)(=O)c2ccc(F)cc2C)n1. The highest BCUT2D eigenvalue weighted by Gasteiger charge is 2.25. The molecule has 1 aromatic heterocycles. The summed E-state index contributed by atoms with van der Waals surface area (Å²) in [6.45, 7) is 5.33. The Bertz CT molecular complexity index is 814. The van der Waals surface area contributed by atoms with Gasteiger partial charge in [0.2, 0.25) is 0 Å². The molecule has 0 unspecified atom stereocenters. The van der Waals surface area contributed by atoms with Gasteiger partial charge < -0.3 is 5.11 Å². The number of aromatic nitrogens is 1. The van der Waals surface area contributed by atoms with E-state index in [9.17, 15) is 17.9 Å². The van der Waals surface area contributed by atoms with E-state index in [2.05, 4.69) is 9.71 Å². The van der Waals surface area contributed by atoms with E-state index < -0.39 is 21.4 Å². The van der Waals surface area contributed by atoms with Crippen LogP contribution in [0.5, 0.6) is 0 Å². The molecule has 0 saturated heterocycles. The number of thiazole rings is 1. The zero-order valence-corrected chi connectivity index (χ0v) is 15.5. The summed E-state index contributed by atoms with van der Waals surface area (Å²) in [6.07, 6.45) is 1.56. The van der Waals surface area contributed by atoms with Gasteiger partial charge in [0.05, 0.1) is 16.2 Å². The molecular weight excluding hydrogens is 351 g/mol. The number of aryl methyl sites for hydroxylation is 1. The molecule has 8 heteroatoms. The molecule has 0 atom stereocenters. The van der Waals surface area contributed by atoms with Gasteiger partial charge in [0.1, 0.15) is 5.82 Å². The van der Waals surface area contributed by atoms with Crippen molar-refractivity contribution in [1.82, 2.24) is 4.98 Å². The molecule has 0 spiro atoms. The molecule has 0 bridgehead atoms. The van der Waals surface area contributed by atoms with E-state index in [0.717, 1.165) is 17.4 Å². The first-order valence-corrected chi connectivity index (χ1v) is 10.0. The molecule has 1 aromatic carbocycles. The lowest BCUT2D eigenvalue weighted by atomic mass is 9.92. The molecule has 2 rings (SSSR count). The second-order valence-electron chi connectivity index (χ2n) is 5.77. The van der Waals surface area contributed by atoms with Crippen molar-refractivity contribution in [3.8, 4) is 0 Å². The van der Waals surface area contributed by atoms with Crippen LogP contribution in [0.15, 0.2) is 28.5 Å². The third-order valence-electron chi connectivity index (χ3n) is 4.03. The van der Waals surface area contributed by atoms with Crippen LogP contribution in [0.3, 0.4) is 0 Å². The molecule has 0 aliphatic heterocycles. The highest BCUT2D eigenvalue weighted by Crippen LogP contribution is 2.26. The Morgan fingerprint density at radius 1 is 1.33 bits per heavy atom. The van der Waals surface area contributed by atoms with Gasteiger partial charge in [-0.1, -0.05) is 13.8 Å². The second kappa shape index (κ2) is 7.16. The summed E-state index contributed by atoms with van der Waals surface area (Å²) in [6, 6.07) is 3.51. The number of sulfonamides is 1. The van der Waals surface area contributed by atoms with Gasteiger partial charge in [0.25, 0.3) is 10.0 Å². The summed E-state index contributed by atoms with van der Waals surface area (Å²) in [5.41, 5.74) is 0.128. The average molecular weight is 372 g/mol. The number of anilines is 1. The van der Waals surface area contributed by atoms with Crippen molar-refractivity contribution in [3.05, 3.63) is 40.7 Å². The van der Waals surface area contributed by atoms with Gasteiger partial charge >= 0.3 is 0 Å². The van der Waals surface area contributed by atoms with Crippen LogP contribution in [0, 0.1) is 12.7 Å². The molecule has 2 N–H and O–H groups in total. The van der Waals surface area contributed by atoms with Gasteiger partial charge in [-0.25, -0.2) is 17.8 Å². The van der Waals surface area contributed by atoms with Crippen LogP contribution in [0.4, 0.5) is 9.52 Å². The summed E-state index contributed by atoms with van der Waals surface area (Å²) in [5, 5.41) is 12.3. The third-order valence-corrected chi connectivity index (χ3v) is 6.46. The van der Waals surface area contributed by atoms with Gasteiger partial charge in [0.15, 0.2) is 5.13 Å². The molecule has 5 nitrogen and oxygen atoms in total. The number of nitrogens with one attached hydrogen (secondary N) is 1. The van der Waals surface area contributed by atoms with Crippen LogP contribution in [0.25, 0.3) is 0 Å². The summed E-state index contributed by atoms with van der Waals surface area (Å²) < 4.78 is 40.4. The predicted octanol–water partition coefficient (Wildman–Crippen LogP) is 3.49. The topological polar surface area (TPSA) is 79.3 Å². The monoisotopic (exact) mass is 372 g/mol. The molecular formula is C16H21FN2O3S2. The molecule has 0 aliphatic rings. The molecule has 1 heterocycles. The predicted molar refractivity (Wildman–Crippen MR) is 93.3 cm³/mol. The highest BCUT2D eigenvalue weighted by molar-refractivity contribution is 7.93. The maximum atomic E-state index is 13.1. The third kappa shape index (κ3) is 4.31. The number of aliphatic hydroxyl groups is 1. The smallest absolute Gasteiger partial charge is 0.263 e. The largest absolute Gasteiger partial charge is 0.390 e. The van der Waals surface area contributed by atoms with Gasteiger partial charge in [-0.2, -0.15) is 0 Å². The van der Waals surface area contributed by atoms with E-state index in [4.69, 9.17) is 0 Å². The Labute approximate surface area is 145 Å². The number of hydrogen-bond acceptors (Lipinski definition) is 5. The van der Waals surface area contributed by atoms with Crippen LogP contribution in [-0.2, 0) is 16.4 Å². The fourth-order valence-electron chi connectivity index (χ4n) is 2.36. The zero-order valence-electron chi connectivity index (χ0n) is 13.8. The van der Waals surface area contributed by atoms with E-state index in [1.54, 1.807) is 5.38 Å².